The normalized spacial score (nSPS) is 15.3. The van der Waals surface area contributed by atoms with Crippen LogP contribution in [0, 0.1) is 0 Å². The number of ether oxygens (including phenoxy) is 2. The zero-order valence-corrected chi connectivity index (χ0v) is 19.9. The summed E-state index contributed by atoms with van der Waals surface area (Å²) in [6, 6.07) is 11.5. The van der Waals surface area contributed by atoms with Crippen LogP contribution in [-0.4, -0.2) is 29.7 Å². The molecular weight excluding hydrogens is 522 g/mol. The molecular formula is C21H19Br2NO4S. The monoisotopic (exact) mass is 539 g/mol. The molecule has 0 bridgehead atoms. The average molecular weight is 541 g/mol. The maximum absolute atomic E-state index is 12.5. The second-order valence-electron chi connectivity index (χ2n) is 6.27. The maximum Gasteiger partial charge on any atom is 0.293 e. The standard InChI is InChI=1S/C21H19Br2NO4S/c1-3-8-24-20(25)19(29-21(24)26)10-14-9-17(27-2)18(11-16(14)23)28-12-13-4-6-15(22)7-5-13/h4-7,9-11H,3,8,12H2,1-2H3/b19-10+. The van der Waals surface area contributed by atoms with Crippen molar-refractivity contribution in [2.75, 3.05) is 13.7 Å². The number of rotatable bonds is 7. The van der Waals surface area contributed by atoms with Crippen LogP contribution < -0.4 is 9.47 Å². The van der Waals surface area contributed by atoms with E-state index in [-0.39, 0.29) is 11.1 Å². The van der Waals surface area contributed by atoms with E-state index in [2.05, 4.69) is 31.9 Å². The Morgan fingerprint density at radius 3 is 2.48 bits per heavy atom. The van der Waals surface area contributed by atoms with Crippen molar-refractivity contribution in [1.82, 2.24) is 4.90 Å². The summed E-state index contributed by atoms with van der Waals surface area (Å²) in [6.45, 7) is 2.75. The molecule has 0 saturated carbocycles. The number of thioether (sulfide) groups is 1. The summed E-state index contributed by atoms with van der Waals surface area (Å²) in [4.78, 5) is 26.2. The molecule has 8 heteroatoms. The Bertz CT molecular complexity index is 960. The number of hydrogen-bond acceptors (Lipinski definition) is 5. The molecule has 1 saturated heterocycles. The first kappa shape index (κ1) is 21.9. The summed E-state index contributed by atoms with van der Waals surface area (Å²) in [5.41, 5.74) is 1.76. The van der Waals surface area contributed by atoms with Gasteiger partial charge in [-0.15, -0.1) is 0 Å². The summed E-state index contributed by atoms with van der Waals surface area (Å²) < 4.78 is 13.1. The Balaban J connectivity index is 1.82. The molecule has 1 heterocycles. The van der Waals surface area contributed by atoms with Crippen molar-refractivity contribution in [2.24, 2.45) is 0 Å². The fourth-order valence-electron chi connectivity index (χ4n) is 2.73. The Kier molecular flexibility index (Phi) is 7.43. The summed E-state index contributed by atoms with van der Waals surface area (Å²) >= 11 is 7.90. The van der Waals surface area contributed by atoms with Crippen molar-refractivity contribution in [2.45, 2.75) is 20.0 Å². The van der Waals surface area contributed by atoms with Gasteiger partial charge in [-0.1, -0.05) is 50.9 Å². The number of amides is 2. The third-order valence-corrected chi connectivity index (χ3v) is 6.32. The molecule has 152 valence electrons. The number of benzene rings is 2. The average Bonchev–Trinajstić information content (AvgIpc) is 2.97. The number of halogens is 2. The maximum atomic E-state index is 12.5. The van der Waals surface area contributed by atoms with E-state index in [0.29, 0.717) is 29.6 Å². The van der Waals surface area contributed by atoms with Gasteiger partial charge in [0.15, 0.2) is 11.5 Å². The summed E-state index contributed by atoms with van der Waals surface area (Å²) in [5.74, 6) is 0.867. The van der Waals surface area contributed by atoms with Crippen molar-refractivity contribution in [3.8, 4) is 11.5 Å². The van der Waals surface area contributed by atoms with Crippen molar-refractivity contribution in [1.29, 1.82) is 0 Å². The number of hydrogen-bond donors (Lipinski definition) is 0. The predicted octanol–water partition coefficient (Wildman–Crippen LogP) is 6.25. The first-order valence-corrected chi connectivity index (χ1v) is 11.3. The van der Waals surface area contributed by atoms with Gasteiger partial charge in [0.05, 0.1) is 12.0 Å². The van der Waals surface area contributed by atoms with Crippen LogP contribution in [0.1, 0.15) is 24.5 Å². The van der Waals surface area contributed by atoms with E-state index >= 15 is 0 Å². The summed E-state index contributed by atoms with van der Waals surface area (Å²) in [5, 5.41) is -0.236. The van der Waals surface area contributed by atoms with Crippen LogP contribution in [0.25, 0.3) is 6.08 Å². The highest BCUT2D eigenvalue weighted by Crippen LogP contribution is 2.38. The minimum Gasteiger partial charge on any atom is -0.493 e. The molecule has 2 amide bonds. The van der Waals surface area contributed by atoms with E-state index in [1.807, 2.05) is 31.2 Å². The smallest absolute Gasteiger partial charge is 0.293 e. The largest absolute Gasteiger partial charge is 0.493 e. The van der Waals surface area contributed by atoms with E-state index in [0.717, 1.165) is 38.3 Å². The highest BCUT2D eigenvalue weighted by atomic mass is 79.9. The molecule has 5 nitrogen and oxygen atoms in total. The predicted molar refractivity (Wildman–Crippen MR) is 122 cm³/mol. The fourth-order valence-corrected chi connectivity index (χ4v) is 4.29. The quantitative estimate of drug-likeness (QED) is 0.389. The zero-order valence-electron chi connectivity index (χ0n) is 15.9. The molecule has 2 aromatic rings. The number of methoxy groups -OCH3 is 1. The van der Waals surface area contributed by atoms with Gasteiger partial charge < -0.3 is 9.47 Å². The molecule has 0 aliphatic carbocycles. The van der Waals surface area contributed by atoms with E-state index in [9.17, 15) is 9.59 Å². The van der Waals surface area contributed by atoms with Gasteiger partial charge in [-0.05, 0) is 59.7 Å². The lowest BCUT2D eigenvalue weighted by Crippen LogP contribution is -2.28. The lowest BCUT2D eigenvalue weighted by Gasteiger charge is -2.13. The number of carbonyl (C=O) groups is 2. The van der Waals surface area contributed by atoms with E-state index in [1.165, 1.54) is 4.90 Å². The Hall–Kier alpha value is -1.77. The molecule has 3 rings (SSSR count). The SMILES string of the molecule is CCCN1C(=O)S/C(=C/c2cc(OC)c(OCc3ccc(Br)cc3)cc2Br)C1=O. The highest BCUT2D eigenvalue weighted by Gasteiger charge is 2.34. The third kappa shape index (κ3) is 5.24. The fraction of sp³-hybridized carbons (Fsp3) is 0.238. The van der Waals surface area contributed by atoms with Gasteiger partial charge in [0.2, 0.25) is 0 Å². The Labute approximate surface area is 190 Å². The molecule has 1 aliphatic heterocycles. The van der Waals surface area contributed by atoms with Crippen molar-refractivity contribution in [3.05, 3.63) is 61.4 Å². The van der Waals surface area contributed by atoms with Gasteiger partial charge >= 0.3 is 0 Å². The highest BCUT2D eigenvalue weighted by molar-refractivity contribution is 9.10. The zero-order chi connectivity index (χ0) is 21.0. The number of imide groups is 1. The molecule has 29 heavy (non-hydrogen) atoms. The van der Waals surface area contributed by atoms with Gasteiger partial charge in [0.25, 0.3) is 11.1 Å². The molecule has 0 N–H and O–H groups in total. The molecule has 0 atom stereocenters. The molecule has 1 fully saturated rings. The molecule has 0 radical (unpaired) electrons. The molecule has 0 aromatic heterocycles. The van der Waals surface area contributed by atoms with Gasteiger partial charge in [-0.25, -0.2) is 0 Å². The molecule has 0 unspecified atom stereocenters. The lowest BCUT2D eigenvalue weighted by molar-refractivity contribution is -0.122. The van der Waals surface area contributed by atoms with Gasteiger partial charge in [-0.3, -0.25) is 14.5 Å². The number of nitrogens with zero attached hydrogens (tertiary/aromatic N) is 1. The van der Waals surface area contributed by atoms with Crippen LogP contribution in [0.5, 0.6) is 11.5 Å². The summed E-state index contributed by atoms with van der Waals surface area (Å²) in [6.07, 6.45) is 2.43. The van der Waals surface area contributed by atoms with Crippen LogP contribution in [0.15, 0.2) is 50.2 Å². The molecule has 2 aromatic carbocycles. The summed E-state index contributed by atoms with van der Waals surface area (Å²) in [7, 11) is 1.56. The minimum atomic E-state index is -0.261. The molecule has 1 aliphatic rings. The van der Waals surface area contributed by atoms with E-state index < -0.39 is 0 Å². The Morgan fingerprint density at radius 1 is 1.10 bits per heavy atom. The molecule has 0 spiro atoms. The van der Waals surface area contributed by atoms with Gasteiger partial charge in [-0.2, -0.15) is 0 Å². The van der Waals surface area contributed by atoms with Crippen LogP contribution >= 0.6 is 43.6 Å². The Morgan fingerprint density at radius 2 is 1.83 bits per heavy atom. The van der Waals surface area contributed by atoms with Crippen molar-refractivity contribution in [3.63, 3.8) is 0 Å². The van der Waals surface area contributed by atoms with Crippen LogP contribution in [-0.2, 0) is 11.4 Å². The van der Waals surface area contributed by atoms with E-state index in [4.69, 9.17) is 9.47 Å². The van der Waals surface area contributed by atoms with E-state index in [1.54, 1.807) is 25.3 Å². The topological polar surface area (TPSA) is 55.8 Å². The van der Waals surface area contributed by atoms with Crippen LogP contribution in [0.3, 0.4) is 0 Å². The first-order valence-electron chi connectivity index (χ1n) is 8.93. The van der Waals surface area contributed by atoms with Crippen LogP contribution in [0.2, 0.25) is 0 Å². The minimum absolute atomic E-state index is 0.236. The van der Waals surface area contributed by atoms with Crippen molar-refractivity contribution < 1.29 is 19.1 Å². The second-order valence-corrected chi connectivity index (χ2v) is 9.04. The second kappa shape index (κ2) is 9.82. The lowest BCUT2D eigenvalue weighted by atomic mass is 10.1. The first-order chi connectivity index (χ1) is 13.9. The van der Waals surface area contributed by atoms with Gasteiger partial charge in [0, 0.05) is 15.5 Å². The van der Waals surface area contributed by atoms with Crippen molar-refractivity contribution >= 4 is 60.8 Å². The number of carbonyl (C=O) groups excluding carboxylic acids is 2. The van der Waals surface area contributed by atoms with Gasteiger partial charge in [0.1, 0.15) is 6.61 Å². The third-order valence-electron chi connectivity index (χ3n) is 4.20. The van der Waals surface area contributed by atoms with Crippen LogP contribution in [0.4, 0.5) is 4.79 Å².